The van der Waals surface area contributed by atoms with Crippen LogP contribution < -0.4 is 0 Å². The number of fused-ring (bicyclic) bond motifs is 1. The Kier molecular flexibility index (Phi) is 1.21. The highest BCUT2D eigenvalue weighted by Gasteiger charge is 1.95. The molecule has 2 rings (SSSR count). The van der Waals surface area contributed by atoms with E-state index in [9.17, 15) is 4.39 Å². The topological polar surface area (TPSA) is 0 Å². The Hall–Kier alpha value is -0.890. The zero-order valence-electron chi connectivity index (χ0n) is 5.10. The molecule has 10 heavy (non-hydrogen) atoms. The van der Waals surface area contributed by atoms with Crippen molar-refractivity contribution < 1.29 is 4.39 Å². The van der Waals surface area contributed by atoms with Crippen LogP contribution in [0, 0.1) is 11.9 Å². The van der Waals surface area contributed by atoms with Crippen molar-refractivity contribution in [3.05, 3.63) is 35.5 Å². The van der Waals surface area contributed by atoms with Crippen molar-refractivity contribution in [3.8, 4) is 0 Å². The summed E-state index contributed by atoms with van der Waals surface area (Å²) < 4.78 is 13.5. The van der Waals surface area contributed by atoms with Gasteiger partial charge in [-0.05, 0) is 23.6 Å². The Bertz CT molecular complexity index is 351. The molecule has 0 bridgehead atoms. The molecule has 1 aromatic carbocycles. The van der Waals surface area contributed by atoms with Crippen molar-refractivity contribution in [2.24, 2.45) is 0 Å². The summed E-state index contributed by atoms with van der Waals surface area (Å²) >= 11 is 1.60. The minimum Gasteiger partial charge on any atom is -0.206 e. The summed E-state index contributed by atoms with van der Waals surface area (Å²) in [6.07, 6.45) is 0. The molecule has 0 unspecified atom stereocenters. The number of rotatable bonds is 0. The van der Waals surface area contributed by atoms with Gasteiger partial charge in [0.05, 0.1) is 0 Å². The normalized spacial score (nSPS) is 10.5. The van der Waals surface area contributed by atoms with Gasteiger partial charge in [-0.2, -0.15) is 0 Å². The minimum absolute atomic E-state index is 0.286. The Morgan fingerprint density at radius 3 is 3.10 bits per heavy atom. The summed E-state index contributed by atoms with van der Waals surface area (Å²) in [7, 11) is 0. The maximum atomic E-state index is 12.5. The molecule has 0 saturated heterocycles. The van der Waals surface area contributed by atoms with Gasteiger partial charge in [0.25, 0.3) is 0 Å². The second kappa shape index (κ2) is 2.06. The molecule has 0 fully saturated rings. The summed E-state index contributed by atoms with van der Waals surface area (Å²) in [5.41, 5.74) is 0. The number of hydrogen-bond donors (Lipinski definition) is 0. The lowest BCUT2D eigenvalue weighted by molar-refractivity contribution is 0.628. The Morgan fingerprint density at radius 1 is 1.30 bits per heavy atom. The first-order valence-electron chi connectivity index (χ1n) is 2.91. The van der Waals surface area contributed by atoms with E-state index in [4.69, 9.17) is 0 Å². The van der Waals surface area contributed by atoms with Gasteiger partial charge >= 0.3 is 0 Å². The van der Waals surface area contributed by atoms with Crippen LogP contribution in [0.4, 0.5) is 4.39 Å². The van der Waals surface area contributed by atoms with E-state index in [2.05, 4.69) is 6.07 Å². The maximum Gasteiger partial charge on any atom is 0.131 e. The first-order valence-corrected chi connectivity index (χ1v) is 3.79. The monoisotopic (exact) mass is 151 g/mol. The standard InChI is InChI=1S/C8H4FS/c9-7-1-2-8-6(5-7)3-4-10-8/h1-4H. The highest BCUT2D eigenvalue weighted by molar-refractivity contribution is 7.17. The summed E-state index contributed by atoms with van der Waals surface area (Å²) in [5, 5.41) is 2.80. The van der Waals surface area contributed by atoms with Gasteiger partial charge in [0, 0.05) is 16.2 Å². The first kappa shape index (κ1) is 5.86. The Labute approximate surface area is 61.9 Å². The molecule has 1 aromatic heterocycles. The van der Waals surface area contributed by atoms with Crippen LogP contribution in [0.5, 0.6) is 0 Å². The van der Waals surface area contributed by atoms with Crippen molar-refractivity contribution in [1.82, 2.24) is 0 Å². The van der Waals surface area contributed by atoms with E-state index in [0.717, 1.165) is 10.1 Å². The average molecular weight is 151 g/mol. The Balaban J connectivity index is 2.86. The third kappa shape index (κ3) is 0.809. The minimum atomic E-state index is -0.286. The van der Waals surface area contributed by atoms with Crippen LogP contribution in [0.3, 0.4) is 0 Å². The van der Waals surface area contributed by atoms with Crippen LogP contribution >= 0.6 is 11.3 Å². The molecule has 0 spiro atoms. The van der Waals surface area contributed by atoms with E-state index in [-0.39, 0.29) is 5.82 Å². The van der Waals surface area contributed by atoms with Crippen molar-refractivity contribution in [2.45, 2.75) is 0 Å². The van der Waals surface area contributed by atoms with Crippen LogP contribution in [0.25, 0.3) is 10.1 Å². The van der Waals surface area contributed by atoms with Crippen molar-refractivity contribution in [3.63, 3.8) is 0 Å². The second-order valence-electron chi connectivity index (χ2n) is 2.00. The fourth-order valence-electron chi connectivity index (χ4n) is 0.872. The smallest absolute Gasteiger partial charge is 0.131 e. The molecule has 0 N–H and O–H groups in total. The predicted octanol–water partition coefficient (Wildman–Crippen LogP) is 2.84. The number of benzene rings is 1. The molecule has 0 amide bonds. The average Bonchev–Trinajstić information content (AvgIpc) is 2.33. The van der Waals surface area contributed by atoms with E-state index in [1.807, 2.05) is 11.4 Å². The molecule has 1 heterocycles. The molecule has 0 nitrogen and oxygen atoms in total. The highest BCUT2D eigenvalue weighted by Crippen LogP contribution is 2.20. The first-order chi connectivity index (χ1) is 4.86. The van der Waals surface area contributed by atoms with Crippen LogP contribution in [-0.4, -0.2) is 0 Å². The molecule has 2 heteroatoms. The molecular weight excluding hydrogens is 147 g/mol. The van der Waals surface area contributed by atoms with Gasteiger partial charge in [-0.3, -0.25) is 0 Å². The molecule has 0 saturated carbocycles. The summed E-state index contributed by atoms with van der Waals surface area (Å²) in [6.45, 7) is 0. The Morgan fingerprint density at radius 2 is 2.20 bits per heavy atom. The lowest BCUT2D eigenvalue weighted by Crippen LogP contribution is -1.69. The maximum absolute atomic E-state index is 12.5. The third-order valence-corrected chi connectivity index (χ3v) is 2.21. The quantitative estimate of drug-likeness (QED) is 0.543. The number of hydrogen-bond acceptors (Lipinski definition) is 1. The van der Waals surface area contributed by atoms with E-state index in [1.165, 1.54) is 6.07 Å². The van der Waals surface area contributed by atoms with E-state index < -0.39 is 0 Å². The number of thiophene rings is 1. The van der Waals surface area contributed by atoms with Gasteiger partial charge in [0.1, 0.15) is 5.82 Å². The SMILES string of the molecule is Fc1[c]c2ccsc2cc1. The zero-order valence-corrected chi connectivity index (χ0v) is 5.91. The highest BCUT2D eigenvalue weighted by atomic mass is 32.1. The zero-order chi connectivity index (χ0) is 6.97. The largest absolute Gasteiger partial charge is 0.206 e. The number of halogens is 1. The summed E-state index contributed by atoms with van der Waals surface area (Å²) in [4.78, 5) is 0. The fraction of sp³-hybridized carbons (Fsp3) is 0. The summed E-state index contributed by atoms with van der Waals surface area (Å²) in [6, 6.07) is 7.68. The lowest BCUT2D eigenvalue weighted by Gasteiger charge is -1.85. The molecule has 2 aromatic rings. The molecule has 0 atom stereocenters. The summed E-state index contributed by atoms with van der Waals surface area (Å²) in [5.74, 6) is -0.286. The molecule has 0 aliphatic heterocycles. The van der Waals surface area contributed by atoms with Gasteiger partial charge in [-0.25, -0.2) is 4.39 Å². The lowest BCUT2D eigenvalue weighted by atomic mass is 10.3. The van der Waals surface area contributed by atoms with Gasteiger partial charge in [-0.1, -0.05) is 0 Å². The molecule has 0 aliphatic rings. The van der Waals surface area contributed by atoms with Gasteiger partial charge in [0.2, 0.25) is 0 Å². The van der Waals surface area contributed by atoms with Crippen LogP contribution in [0.1, 0.15) is 0 Å². The fourth-order valence-corrected chi connectivity index (χ4v) is 1.62. The molecule has 0 aliphatic carbocycles. The third-order valence-electron chi connectivity index (χ3n) is 1.33. The van der Waals surface area contributed by atoms with E-state index in [1.54, 1.807) is 17.4 Å². The van der Waals surface area contributed by atoms with Crippen molar-refractivity contribution in [1.29, 1.82) is 0 Å². The molecular formula is C8H4FS. The van der Waals surface area contributed by atoms with Gasteiger partial charge in [0.15, 0.2) is 0 Å². The van der Waals surface area contributed by atoms with Crippen LogP contribution in [0.2, 0.25) is 0 Å². The molecule has 1 radical (unpaired) electrons. The van der Waals surface area contributed by atoms with Crippen LogP contribution in [-0.2, 0) is 0 Å². The van der Waals surface area contributed by atoms with Gasteiger partial charge in [-0.15, -0.1) is 11.3 Å². The second-order valence-corrected chi connectivity index (χ2v) is 2.95. The predicted molar refractivity (Wildman–Crippen MR) is 40.6 cm³/mol. The van der Waals surface area contributed by atoms with Crippen molar-refractivity contribution in [2.75, 3.05) is 0 Å². The van der Waals surface area contributed by atoms with E-state index in [0.29, 0.717) is 0 Å². The van der Waals surface area contributed by atoms with E-state index >= 15 is 0 Å². The van der Waals surface area contributed by atoms with Crippen LogP contribution in [0.15, 0.2) is 23.6 Å². The van der Waals surface area contributed by atoms with Crippen molar-refractivity contribution >= 4 is 21.4 Å². The molecule has 49 valence electrons. The van der Waals surface area contributed by atoms with Gasteiger partial charge < -0.3 is 0 Å².